The van der Waals surface area contributed by atoms with Gasteiger partial charge in [0.25, 0.3) is 20.2 Å². The number of hydrogen-bond donors (Lipinski definition) is 3. The van der Waals surface area contributed by atoms with E-state index in [0.717, 1.165) is 30.2 Å². The number of nitrogens with one attached hydrogen (secondary N) is 1. The fourth-order valence-corrected chi connectivity index (χ4v) is 3.21. The van der Waals surface area contributed by atoms with Crippen molar-refractivity contribution in [1.29, 1.82) is 0 Å². The van der Waals surface area contributed by atoms with Gasteiger partial charge in [-0.25, -0.2) is 0 Å². The van der Waals surface area contributed by atoms with Crippen LogP contribution in [-0.2, 0) is 31.4 Å². The molecule has 0 radical (unpaired) electrons. The van der Waals surface area contributed by atoms with Crippen molar-refractivity contribution >= 4 is 38.1 Å². The van der Waals surface area contributed by atoms with Crippen LogP contribution in [0.15, 0.2) is 59.8 Å². The highest BCUT2D eigenvalue weighted by Crippen LogP contribution is 2.21. The Kier molecular flexibility index (Phi) is 13.5. The Morgan fingerprint density at radius 3 is 2.32 bits per heavy atom. The number of morpholine rings is 1. The predicted octanol–water partition coefficient (Wildman–Crippen LogP) is 2.09. The smallest absolute Gasteiger partial charge is 0.320 e. The zero-order valence-electron chi connectivity index (χ0n) is 22.9. The SMILES string of the molecule is CS(=O)(=O)O.CS(=O)(=O)O.Cc1cccc(/C=N\Nc2cc(N3CCOCC3)nc(OCCc3ccccn3)n2)c1. The van der Waals surface area contributed by atoms with E-state index < -0.39 is 20.2 Å². The molecule has 4 rings (SSSR count). The first-order valence-electron chi connectivity index (χ1n) is 12.2. The van der Waals surface area contributed by atoms with Crippen LogP contribution in [0.2, 0.25) is 0 Å². The molecule has 1 saturated heterocycles. The maximum absolute atomic E-state index is 9.19. The fourth-order valence-electron chi connectivity index (χ4n) is 3.21. The molecule has 0 amide bonds. The largest absolute Gasteiger partial charge is 0.463 e. The van der Waals surface area contributed by atoms with Gasteiger partial charge in [-0.15, -0.1) is 0 Å². The topological polar surface area (TPSA) is 194 Å². The third kappa shape index (κ3) is 16.9. The molecule has 3 heterocycles. The number of aryl methyl sites for hydroxylation is 1. The Bertz CT molecular complexity index is 1420. The van der Waals surface area contributed by atoms with Gasteiger partial charge in [-0.05, 0) is 24.6 Å². The fraction of sp³-hybridized carbons (Fsp3) is 0.360. The van der Waals surface area contributed by atoms with Crippen molar-refractivity contribution in [2.75, 3.05) is 55.7 Å². The van der Waals surface area contributed by atoms with Crippen LogP contribution >= 0.6 is 0 Å². The summed E-state index contributed by atoms with van der Waals surface area (Å²) in [7, 11) is -7.33. The molecule has 0 atom stereocenters. The molecule has 224 valence electrons. The van der Waals surface area contributed by atoms with Crippen molar-refractivity contribution in [3.05, 3.63) is 71.5 Å². The van der Waals surface area contributed by atoms with Gasteiger partial charge >= 0.3 is 6.01 Å². The van der Waals surface area contributed by atoms with Gasteiger partial charge in [-0.3, -0.25) is 19.5 Å². The van der Waals surface area contributed by atoms with E-state index in [9.17, 15) is 16.8 Å². The lowest BCUT2D eigenvalue weighted by atomic mass is 10.2. The molecule has 1 aromatic carbocycles. The van der Waals surface area contributed by atoms with E-state index in [0.29, 0.717) is 50.6 Å². The van der Waals surface area contributed by atoms with E-state index in [4.69, 9.17) is 18.6 Å². The van der Waals surface area contributed by atoms with Gasteiger partial charge in [0, 0.05) is 37.5 Å². The monoisotopic (exact) mass is 610 g/mol. The van der Waals surface area contributed by atoms with Gasteiger partial charge in [0.2, 0.25) is 0 Å². The molecule has 0 aliphatic carbocycles. The molecular weight excluding hydrogens is 576 g/mol. The molecule has 1 aliphatic rings. The second-order valence-corrected chi connectivity index (χ2v) is 11.6. The normalized spacial score (nSPS) is 13.4. The van der Waals surface area contributed by atoms with Crippen molar-refractivity contribution in [1.82, 2.24) is 15.0 Å². The molecule has 0 saturated carbocycles. The minimum Gasteiger partial charge on any atom is -0.463 e. The number of aromatic nitrogens is 3. The number of anilines is 2. The van der Waals surface area contributed by atoms with E-state index in [2.05, 4.69) is 49.4 Å². The second-order valence-electron chi connectivity index (χ2n) is 8.66. The summed E-state index contributed by atoms with van der Waals surface area (Å²) in [6.07, 6.45) is 5.66. The molecule has 3 N–H and O–H groups in total. The summed E-state index contributed by atoms with van der Waals surface area (Å²) in [5.74, 6) is 1.37. The molecule has 14 nitrogen and oxygen atoms in total. The third-order valence-electron chi connectivity index (χ3n) is 4.78. The van der Waals surface area contributed by atoms with Gasteiger partial charge in [0.05, 0.1) is 38.5 Å². The van der Waals surface area contributed by atoms with Gasteiger partial charge in [-0.1, -0.05) is 35.9 Å². The van der Waals surface area contributed by atoms with Gasteiger partial charge in [0.15, 0.2) is 5.82 Å². The number of ether oxygens (including phenoxy) is 2. The van der Waals surface area contributed by atoms with Crippen LogP contribution in [0, 0.1) is 6.92 Å². The number of hydrazone groups is 1. The molecular formula is C25H34N6O8S2. The molecule has 41 heavy (non-hydrogen) atoms. The van der Waals surface area contributed by atoms with Crippen molar-refractivity contribution in [2.24, 2.45) is 5.10 Å². The number of rotatable bonds is 8. The summed E-state index contributed by atoms with van der Waals surface area (Å²) in [6.45, 7) is 5.39. The highest BCUT2D eigenvalue weighted by molar-refractivity contribution is 7.85. The Balaban J connectivity index is 0.000000507. The number of hydrogen-bond acceptors (Lipinski definition) is 12. The maximum atomic E-state index is 9.19. The van der Waals surface area contributed by atoms with E-state index in [1.54, 1.807) is 12.4 Å². The minimum absolute atomic E-state index is 0.313. The lowest BCUT2D eigenvalue weighted by Crippen LogP contribution is -2.36. The molecule has 3 aromatic rings. The predicted molar refractivity (Wildman–Crippen MR) is 156 cm³/mol. The van der Waals surface area contributed by atoms with Crippen LogP contribution in [-0.4, -0.2) is 92.5 Å². The maximum Gasteiger partial charge on any atom is 0.320 e. The Hall–Kier alpha value is -3.70. The summed E-state index contributed by atoms with van der Waals surface area (Å²) in [5.41, 5.74) is 6.17. The zero-order chi connectivity index (χ0) is 30.3. The van der Waals surface area contributed by atoms with Gasteiger partial charge < -0.3 is 14.4 Å². The third-order valence-corrected chi connectivity index (χ3v) is 4.78. The van der Waals surface area contributed by atoms with Crippen LogP contribution in [0.25, 0.3) is 0 Å². The summed E-state index contributed by atoms with van der Waals surface area (Å²) in [4.78, 5) is 15.5. The highest BCUT2D eigenvalue weighted by Gasteiger charge is 2.15. The van der Waals surface area contributed by atoms with E-state index in [1.165, 1.54) is 5.56 Å². The molecule has 1 aliphatic heterocycles. The summed E-state index contributed by atoms with van der Waals surface area (Å²) >= 11 is 0. The lowest BCUT2D eigenvalue weighted by molar-refractivity contribution is 0.122. The Morgan fingerprint density at radius 1 is 1.02 bits per heavy atom. The van der Waals surface area contributed by atoms with Crippen molar-refractivity contribution in [3.63, 3.8) is 0 Å². The van der Waals surface area contributed by atoms with Crippen LogP contribution in [0.1, 0.15) is 16.8 Å². The van der Waals surface area contributed by atoms with Crippen molar-refractivity contribution in [3.8, 4) is 6.01 Å². The lowest BCUT2D eigenvalue weighted by Gasteiger charge is -2.28. The Morgan fingerprint density at radius 2 is 1.71 bits per heavy atom. The summed E-state index contributed by atoms with van der Waals surface area (Å²) in [5, 5.41) is 4.33. The average Bonchev–Trinajstić information content (AvgIpc) is 2.88. The Labute approximate surface area is 240 Å². The molecule has 16 heteroatoms. The summed E-state index contributed by atoms with van der Waals surface area (Å²) in [6, 6.07) is 16.2. The second kappa shape index (κ2) is 16.5. The van der Waals surface area contributed by atoms with E-state index in [-0.39, 0.29) is 0 Å². The number of pyridine rings is 1. The van der Waals surface area contributed by atoms with Gasteiger partial charge in [-0.2, -0.15) is 31.9 Å². The molecule has 0 spiro atoms. The molecule has 2 aromatic heterocycles. The van der Waals surface area contributed by atoms with Crippen LogP contribution in [0.3, 0.4) is 0 Å². The first-order valence-corrected chi connectivity index (χ1v) is 15.9. The van der Waals surface area contributed by atoms with Crippen molar-refractivity contribution < 1.29 is 35.4 Å². The number of nitrogens with zero attached hydrogens (tertiary/aromatic N) is 5. The average molecular weight is 611 g/mol. The minimum atomic E-state index is -3.67. The zero-order valence-corrected chi connectivity index (χ0v) is 24.5. The highest BCUT2D eigenvalue weighted by atomic mass is 32.2. The number of benzene rings is 1. The first kappa shape index (κ1) is 33.5. The van der Waals surface area contributed by atoms with E-state index in [1.807, 2.05) is 36.4 Å². The molecule has 1 fully saturated rings. The quantitative estimate of drug-likeness (QED) is 0.191. The van der Waals surface area contributed by atoms with Crippen LogP contribution < -0.4 is 15.1 Å². The molecule has 0 bridgehead atoms. The van der Waals surface area contributed by atoms with Crippen LogP contribution in [0.4, 0.5) is 11.6 Å². The standard InChI is InChI=1S/C23H26N6O2.2CH4O3S/c1-18-5-4-6-19(15-18)17-25-28-21-16-22(29-10-13-30-14-11-29)27-23(26-21)31-12-8-20-7-2-3-9-24-20;2*1-5(2,3)4/h2-7,9,15-17H,8,10-14H2,1H3,(H,26,27,28);2*1H3,(H,2,3,4)/b25-17-;;. The summed E-state index contributed by atoms with van der Waals surface area (Å²) < 4.78 is 63.0. The van der Waals surface area contributed by atoms with Crippen LogP contribution in [0.5, 0.6) is 6.01 Å². The van der Waals surface area contributed by atoms with Gasteiger partial charge in [0.1, 0.15) is 5.82 Å². The van der Waals surface area contributed by atoms with Crippen molar-refractivity contribution in [2.45, 2.75) is 13.3 Å². The molecule has 0 unspecified atom stereocenters. The first-order chi connectivity index (χ1) is 19.3. The van der Waals surface area contributed by atoms with E-state index >= 15 is 0 Å².